The van der Waals surface area contributed by atoms with Gasteiger partial charge >= 0.3 is 0 Å². The number of carbonyl (C=O) groups is 1. The van der Waals surface area contributed by atoms with Crippen LogP contribution in [0.4, 0.5) is 8.78 Å². The highest BCUT2D eigenvalue weighted by atomic mass is 19.1. The zero-order valence-corrected chi connectivity index (χ0v) is 17.4. The van der Waals surface area contributed by atoms with E-state index < -0.39 is 23.6 Å². The van der Waals surface area contributed by atoms with Crippen molar-refractivity contribution < 1.29 is 27.8 Å². The van der Waals surface area contributed by atoms with E-state index in [1.807, 2.05) is 30.3 Å². The highest BCUT2D eigenvalue weighted by Gasteiger charge is 2.22. The van der Waals surface area contributed by atoms with E-state index >= 15 is 0 Å². The molecular weight excluding hydrogens is 418 g/mol. The molecule has 3 aromatic rings. The molecule has 8 heteroatoms. The zero-order chi connectivity index (χ0) is 23.1. The number of ether oxygens (including phenoxy) is 3. The smallest absolute Gasteiger partial charge is 0.252 e. The number of nitrogens with zero attached hydrogens (tertiary/aromatic N) is 1. The van der Waals surface area contributed by atoms with Crippen LogP contribution < -0.4 is 19.5 Å². The Morgan fingerprint density at radius 3 is 2.25 bits per heavy atom. The first-order chi connectivity index (χ1) is 15.5. The van der Waals surface area contributed by atoms with E-state index in [4.69, 9.17) is 14.2 Å². The Balaban J connectivity index is 1.85. The van der Waals surface area contributed by atoms with Crippen LogP contribution in [0.15, 0.2) is 60.7 Å². The predicted octanol–water partition coefficient (Wildman–Crippen LogP) is 4.56. The lowest BCUT2D eigenvalue weighted by Gasteiger charge is -2.17. The van der Waals surface area contributed by atoms with Gasteiger partial charge in [0.15, 0.2) is 11.5 Å². The summed E-state index contributed by atoms with van der Waals surface area (Å²) in [6.45, 7) is 0.249. The van der Waals surface area contributed by atoms with E-state index in [-0.39, 0.29) is 29.2 Å². The lowest BCUT2D eigenvalue weighted by molar-refractivity contribution is 0.0944. The third-order valence-electron chi connectivity index (χ3n) is 4.63. The molecule has 3 rings (SSSR count). The molecule has 0 saturated heterocycles. The van der Waals surface area contributed by atoms with Crippen molar-refractivity contribution in [2.75, 3.05) is 14.2 Å². The summed E-state index contributed by atoms with van der Waals surface area (Å²) in [6, 6.07) is 15.6. The molecular formula is C24H20F2N2O4. The molecule has 0 bridgehead atoms. The zero-order valence-electron chi connectivity index (χ0n) is 17.4. The van der Waals surface area contributed by atoms with Crippen molar-refractivity contribution in [3.8, 4) is 23.3 Å². The first kappa shape index (κ1) is 22.6. The topological polar surface area (TPSA) is 80.6 Å². The first-order valence-electron chi connectivity index (χ1n) is 9.55. The largest absolute Gasteiger partial charge is 0.493 e. The van der Waals surface area contributed by atoms with E-state index in [2.05, 4.69) is 5.32 Å². The quantitative estimate of drug-likeness (QED) is 0.558. The molecule has 3 aromatic carbocycles. The molecule has 0 spiro atoms. The summed E-state index contributed by atoms with van der Waals surface area (Å²) in [5.74, 6) is -1.60. The average molecular weight is 438 g/mol. The Labute approximate surface area is 184 Å². The van der Waals surface area contributed by atoms with Gasteiger partial charge in [-0.2, -0.15) is 5.26 Å². The number of hydrogen-bond donors (Lipinski definition) is 1. The van der Waals surface area contributed by atoms with E-state index in [0.29, 0.717) is 11.8 Å². The van der Waals surface area contributed by atoms with E-state index in [0.717, 1.165) is 17.7 Å². The molecule has 32 heavy (non-hydrogen) atoms. The molecule has 1 amide bonds. The van der Waals surface area contributed by atoms with Crippen LogP contribution >= 0.6 is 0 Å². The van der Waals surface area contributed by atoms with Gasteiger partial charge in [-0.3, -0.25) is 4.79 Å². The van der Waals surface area contributed by atoms with E-state index in [1.54, 1.807) is 6.07 Å². The highest BCUT2D eigenvalue weighted by molar-refractivity contribution is 5.96. The summed E-state index contributed by atoms with van der Waals surface area (Å²) in [7, 11) is 2.83. The monoisotopic (exact) mass is 438 g/mol. The Hall–Kier alpha value is -4.12. The molecule has 0 radical (unpaired) electrons. The number of methoxy groups -OCH3 is 2. The Bertz CT molecular complexity index is 1120. The van der Waals surface area contributed by atoms with Crippen LogP contribution in [0.1, 0.15) is 27.5 Å². The molecule has 0 heterocycles. The van der Waals surface area contributed by atoms with Crippen LogP contribution in [0.25, 0.3) is 0 Å². The Morgan fingerprint density at radius 1 is 1.03 bits per heavy atom. The molecule has 0 saturated carbocycles. The highest BCUT2D eigenvalue weighted by Crippen LogP contribution is 2.39. The minimum atomic E-state index is -1.32. The number of nitriles is 1. The summed E-state index contributed by atoms with van der Waals surface area (Å²) in [4.78, 5) is 12.8. The minimum Gasteiger partial charge on any atom is -0.493 e. The second-order valence-electron chi connectivity index (χ2n) is 6.69. The fourth-order valence-corrected chi connectivity index (χ4v) is 3.01. The van der Waals surface area contributed by atoms with Crippen LogP contribution in [0, 0.1) is 23.0 Å². The average Bonchev–Trinajstić information content (AvgIpc) is 2.81. The van der Waals surface area contributed by atoms with Gasteiger partial charge in [-0.15, -0.1) is 0 Å². The maximum absolute atomic E-state index is 14.1. The van der Waals surface area contributed by atoms with Crippen LogP contribution in [0.3, 0.4) is 0 Å². The lowest BCUT2D eigenvalue weighted by atomic mass is 10.1. The maximum atomic E-state index is 14.1. The molecule has 1 atom stereocenters. The normalized spacial score (nSPS) is 11.2. The molecule has 0 aliphatic carbocycles. The number of halogens is 2. The number of nitrogens with one attached hydrogen (secondary N) is 1. The van der Waals surface area contributed by atoms with Crippen LogP contribution in [-0.4, -0.2) is 20.1 Å². The standard InChI is InChI=1S/C24H20F2N2O4/c1-30-21-10-16(11-22(31-2)23(21)32-14-15-6-4-3-5-7-15)24(29)28-20(13-27)18-9-8-17(25)12-19(18)26/h3-12,20H,14H2,1-2H3,(H,28,29). The van der Waals surface area contributed by atoms with Crippen molar-refractivity contribution in [1.29, 1.82) is 5.26 Å². The number of hydrogen-bond acceptors (Lipinski definition) is 5. The van der Waals surface area contributed by atoms with Crippen molar-refractivity contribution in [3.63, 3.8) is 0 Å². The van der Waals surface area contributed by atoms with Gasteiger partial charge < -0.3 is 19.5 Å². The van der Waals surface area contributed by atoms with Gasteiger partial charge in [-0.1, -0.05) is 36.4 Å². The summed E-state index contributed by atoms with van der Waals surface area (Å²) in [5.41, 5.74) is 0.883. The van der Waals surface area contributed by atoms with Crippen LogP contribution in [0.2, 0.25) is 0 Å². The minimum absolute atomic E-state index is 0.105. The summed E-state index contributed by atoms with van der Waals surface area (Å²) >= 11 is 0. The van der Waals surface area contributed by atoms with Crippen LogP contribution in [0.5, 0.6) is 17.2 Å². The number of rotatable bonds is 8. The van der Waals surface area contributed by atoms with Crippen molar-refractivity contribution in [1.82, 2.24) is 5.32 Å². The fourth-order valence-electron chi connectivity index (χ4n) is 3.01. The van der Waals surface area contributed by atoms with Crippen molar-refractivity contribution in [3.05, 3.63) is 89.0 Å². The molecule has 6 nitrogen and oxygen atoms in total. The number of carbonyl (C=O) groups excluding carboxylic acids is 1. The third-order valence-corrected chi connectivity index (χ3v) is 4.63. The van der Waals surface area contributed by atoms with Gasteiger partial charge in [-0.25, -0.2) is 8.78 Å². The lowest BCUT2D eigenvalue weighted by Crippen LogP contribution is -2.28. The first-order valence-corrected chi connectivity index (χ1v) is 9.55. The van der Waals surface area contributed by atoms with Crippen LogP contribution in [-0.2, 0) is 6.61 Å². The van der Waals surface area contributed by atoms with Crippen molar-refractivity contribution in [2.24, 2.45) is 0 Å². The summed E-state index contributed by atoms with van der Waals surface area (Å²) in [6.07, 6.45) is 0. The molecule has 164 valence electrons. The second kappa shape index (κ2) is 10.3. The van der Waals surface area contributed by atoms with E-state index in [1.165, 1.54) is 26.4 Å². The van der Waals surface area contributed by atoms with Gasteiger partial charge in [-0.05, 0) is 23.8 Å². The maximum Gasteiger partial charge on any atom is 0.252 e. The second-order valence-corrected chi connectivity index (χ2v) is 6.69. The summed E-state index contributed by atoms with van der Waals surface area (Å²) in [5, 5.41) is 11.8. The molecule has 0 aliphatic rings. The van der Waals surface area contributed by atoms with Gasteiger partial charge in [0.25, 0.3) is 5.91 Å². The van der Waals surface area contributed by atoms with Gasteiger partial charge in [0.1, 0.15) is 24.3 Å². The number of amides is 1. The van der Waals surface area contributed by atoms with Crippen molar-refractivity contribution >= 4 is 5.91 Å². The van der Waals surface area contributed by atoms with Gasteiger partial charge in [0, 0.05) is 17.2 Å². The molecule has 1 unspecified atom stereocenters. The fraction of sp³-hybridized carbons (Fsp3) is 0.167. The van der Waals surface area contributed by atoms with Gasteiger partial charge in [0.05, 0.1) is 20.3 Å². The summed E-state index contributed by atoms with van der Waals surface area (Å²) < 4.78 is 43.8. The predicted molar refractivity (Wildman–Crippen MR) is 112 cm³/mol. The Kier molecular flexibility index (Phi) is 7.24. The number of benzene rings is 3. The molecule has 0 aromatic heterocycles. The molecule has 0 fully saturated rings. The van der Waals surface area contributed by atoms with Gasteiger partial charge in [0.2, 0.25) is 5.75 Å². The third kappa shape index (κ3) is 5.13. The SMILES string of the molecule is COc1cc(C(=O)NC(C#N)c2ccc(F)cc2F)cc(OC)c1OCc1ccccc1. The molecule has 1 N–H and O–H groups in total. The van der Waals surface area contributed by atoms with E-state index in [9.17, 15) is 18.8 Å². The Morgan fingerprint density at radius 2 is 1.69 bits per heavy atom. The molecule has 0 aliphatic heterocycles. The van der Waals surface area contributed by atoms with Crippen molar-refractivity contribution in [2.45, 2.75) is 12.6 Å².